The van der Waals surface area contributed by atoms with E-state index in [9.17, 15) is 13.2 Å². The Balaban J connectivity index is 1.78. The average Bonchev–Trinajstić information content (AvgIpc) is 3.48. The number of hydrogen-bond acceptors (Lipinski definition) is 7. The standard InChI is InChI=1S/C30H44IN5O4SSi/c1-28(2,3)26(37)23-18-36(20-40-14-15-42(6,7)8)27-25(23)34-24(17-33-27)21-10-9-11-22(16-21)30(31,35-41(5,38)39)29(4)12-13-32-19-29/h9-11,16-18,32,35H,12-15,19-20H2,1-8H3. The number of ketones is 1. The van der Waals surface area contributed by atoms with Gasteiger partial charge in [-0.25, -0.2) is 18.4 Å². The van der Waals surface area contributed by atoms with Crippen molar-refractivity contribution in [1.29, 1.82) is 0 Å². The fourth-order valence-corrected chi connectivity index (χ4v) is 8.82. The van der Waals surface area contributed by atoms with Gasteiger partial charge in [-0.15, -0.1) is 0 Å². The molecule has 2 N–H and O–H groups in total. The molecule has 0 aliphatic carbocycles. The van der Waals surface area contributed by atoms with E-state index in [0.717, 1.165) is 30.1 Å². The van der Waals surface area contributed by atoms with Crippen LogP contribution in [0.2, 0.25) is 25.7 Å². The zero-order chi connectivity index (χ0) is 31.1. The molecule has 12 heteroatoms. The summed E-state index contributed by atoms with van der Waals surface area (Å²) in [4.78, 5) is 23.3. The maximum Gasteiger partial charge on any atom is 0.210 e. The van der Waals surface area contributed by atoms with E-state index in [4.69, 9.17) is 14.7 Å². The Morgan fingerprint density at radius 1 is 1.26 bits per heavy atom. The molecule has 3 aromatic rings. The Bertz CT molecular complexity index is 1570. The fraction of sp³-hybridized carbons (Fsp3) is 0.567. The van der Waals surface area contributed by atoms with Crippen molar-refractivity contribution >= 4 is 57.6 Å². The van der Waals surface area contributed by atoms with E-state index in [1.165, 1.54) is 6.26 Å². The molecule has 9 nitrogen and oxygen atoms in total. The molecule has 3 heterocycles. The number of benzene rings is 1. The van der Waals surface area contributed by atoms with Gasteiger partial charge in [0.05, 0.1) is 23.7 Å². The molecule has 1 aliphatic heterocycles. The number of carbonyl (C=O) groups excluding carboxylic acids is 1. The molecule has 230 valence electrons. The number of nitrogens with one attached hydrogen (secondary N) is 2. The van der Waals surface area contributed by atoms with Crippen molar-refractivity contribution in [3.05, 3.63) is 47.8 Å². The molecule has 2 atom stereocenters. The molecule has 4 rings (SSSR count). The minimum atomic E-state index is -3.52. The average molecular weight is 726 g/mol. The molecule has 1 aromatic carbocycles. The van der Waals surface area contributed by atoms with Gasteiger partial charge in [-0.1, -0.05) is 88.1 Å². The van der Waals surface area contributed by atoms with Crippen molar-refractivity contribution in [2.24, 2.45) is 10.8 Å². The first kappa shape index (κ1) is 33.2. The Hall–Kier alpha value is -1.71. The molecule has 2 unspecified atom stereocenters. The van der Waals surface area contributed by atoms with Gasteiger partial charge in [-0.05, 0) is 30.6 Å². The van der Waals surface area contributed by atoms with Crippen LogP contribution in [0.1, 0.15) is 50.0 Å². The summed E-state index contributed by atoms with van der Waals surface area (Å²) in [6, 6.07) is 8.83. The van der Waals surface area contributed by atoms with E-state index >= 15 is 0 Å². The topological polar surface area (TPSA) is 115 Å². The van der Waals surface area contributed by atoms with Crippen molar-refractivity contribution in [3.8, 4) is 11.3 Å². The largest absolute Gasteiger partial charge is 0.361 e. The van der Waals surface area contributed by atoms with Crippen LogP contribution >= 0.6 is 22.6 Å². The number of rotatable bonds is 11. The molecular formula is C30H44IN5O4SSi. The number of fused-ring (bicyclic) bond motifs is 1. The van der Waals surface area contributed by atoms with Crippen LogP contribution in [0, 0.1) is 10.8 Å². The van der Waals surface area contributed by atoms with E-state index in [1.807, 2.05) is 55.8 Å². The summed E-state index contributed by atoms with van der Waals surface area (Å²) in [5.74, 6) is -0.0150. The lowest BCUT2D eigenvalue weighted by Crippen LogP contribution is -2.52. The predicted molar refractivity (Wildman–Crippen MR) is 180 cm³/mol. The number of alkyl halides is 1. The maximum atomic E-state index is 13.5. The maximum absolute atomic E-state index is 13.5. The molecule has 1 saturated heterocycles. The normalized spacial score (nSPS) is 19.7. The summed E-state index contributed by atoms with van der Waals surface area (Å²) in [6.07, 6.45) is 5.54. The molecule has 0 amide bonds. The van der Waals surface area contributed by atoms with Gasteiger partial charge in [0.1, 0.15) is 15.8 Å². The van der Waals surface area contributed by atoms with Gasteiger partial charge in [-0.3, -0.25) is 4.79 Å². The summed E-state index contributed by atoms with van der Waals surface area (Å²) in [7, 11) is -4.75. The zero-order valence-electron chi connectivity index (χ0n) is 26.0. The third-order valence-electron chi connectivity index (χ3n) is 7.80. The fourth-order valence-electron chi connectivity index (χ4n) is 5.19. The van der Waals surface area contributed by atoms with Gasteiger partial charge < -0.3 is 14.6 Å². The molecular weight excluding hydrogens is 681 g/mol. The molecule has 2 aromatic heterocycles. The Morgan fingerprint density at radius 3 is 2.57 bits per heavy atom. The summed E-state index contributed by atoms with van der Waals surface area (Å²) in [5.41, 5.74) is 2.93. The molecule has 0 radical (unpaired) electrons. The second kappa shape index (κ2) is 12.0. The zero-order valence-corrected chi connectivity index (χ0v) is 29.9. The SMILES string of the molecule is CC(C)(C)C(=O)c1cn(COCC[Si](C)(C)C)c2ncc(-c3cccc(C(I)(NS(C)(=O)=O)C4(C)CCNC4)c3)nc12. The van der Waals surface area contributed by atoms with E-state index in [-0.39, 0.29) is 11.2 Å². The number of aromatic nitrogens is 3. The Morgan fingerprint density at radius 2 is 1.98 bits per heavy atom. The van der Waals surface area contributed by atoms with Crippen LogP contribution in [0.3, 0.4) is 0 Å². The molecule has 42 heavy (non-hydrogen) atoms. The summed E-state index contributed by atoms with van der Waals surface area (Å²) in [6.45, 7) is 17.2. The summed E-state index contributed by atoms with van der Waals surface area (Å²) in [5, 5.41) is 3.39. The minimum Gasteiger partial charge on any atom is -0.361 e. The molecule has 0 saturated carbocycles. The van der Waals surface area contributed by atoms with Crippen molar-refractivity contribution in [2.75, 3.05) is 26.0 Å². The molecule has 1 aliphatic rings. The van der Waals surface area contributed by atoms with Gasteiger partial charge in [0, 0.05) is 43.8 Å². The van der Waals surface area contributed by atoms with Crippen molar-refractivity contribution in [1.82, 2.24) is 24.6 Å². The number of nitrogens with zero attached hydrogens (tertiary/aromatic N) is 3. The second-order valence-electron chi connectivity index (χ2n) is 14.0. The number of ether oxygens (including phenoxy) is 1. The van der Waals surface area contributed by atoms with Crippen LogP contribution in [0.15, 0.2) is 36.7 Å². The van der Waals surface area contributed by atoms with Crippen molar-refractivity contribution in [3.63, 3.8) is 0 Å². The minimum absolute atomic E-state index is 0.0150. The smallest absolute Gasteiger partial charge is 0.210 e. The second-order valence-corrected chi connectivity index (χ2v) is 23.0. The number of halogens is 1. The van der Waals surface area contributed by atoms with Gasteiger partial charge in [-0.2, -0.15) is 4.72 Å². The summed E-state index contributed by atoms with van der Waals surface area (Å²) >= 11 is 2.26. The highest BCUT2D eigenvalue weighted by atomic mass is 127. The third kappa shape index (κ3) is 7.32. The first-order valence-corrected chi connectivity index (χ1v) is 21.0. The van der Waals surface area contributed by atoms with E-state index in [1.54, 1.807) is 6.20 Å². The van der Waals surface area contributed by atoms with Crippen LogP contribution < -0.4 is 10.0 Å². The number of Topliss-reactive ketones (excluding diaryl/α,β-unsaturated/α-hetero) is 1. The van der Waals surface area contributed by atoms with Crippen molar-refractivity contribution in [2.45, 2.75) is 70.1 Å². The molecule has 0 spiro atoms. The van der Waals surface area contributed by atoms with Gasteiger partial charge in [0.15, 0.2) is 11.4 Å². The van der Waals surface area contributed by atoms with Gasteiger partial charge in [0.2, 0.25) is 10.0 Å². The lowest BCUT2D eigenvalue weighted by molar-refractivity contribution is 0.0849. The van der Waals surface area contributed by atoms with Crippen LogP contribution in [-0.2, 0) is 25.0 Å². The first-order valence-electron chi connectivity index (χ1n) is 14.3. The van der Waals surface area contributed by atoms with Crippen LogP contribution in [0.25, 0.3) is 22.4 Å². The van der Waals surface area contributed by atoms with Crippen molar-refractivity contribution < 1.29 is 17.9 Å². The highest BCUT2D eigenvalue weighted by molar-refractivity contribution is 14.1. The van der Waals surface area contributed by atoms with Gasteiger partial charge in [0.25, 0.3) is 0 Å². The monoisotopic (exact) mass is 725 g/mol. The quantitative estimate of drug-likeness (QED) is 0.0644. The number of carbonyl (C=O) groups is 1. The highest BCUT2D eigenvalue weighted by Gasteiger charge is 2.51. The highest BCUT2D eigenvalue weighted by Crippen LogP contribution is 2.50. The Kier molecular flexibility index (Phi) is 9.48. The third-order valence-corrected chi connectivity index (χ3v) is 12.7. The molecule has 1 fully saturated rings. The van der Waals surface area contributed by atoms with Crippen LogP contribution in [0.5, 0.6) is 0 Å². The van der Waals surface area contributed by atoms with E-state index in [0.29, 0.717) is 42.3 Å². The van der Waals surface area contributed by atoms with Crippen LogP contribution in [0.4, 0.5) is 0 Å². The Labute approximate surface area is 264 Å². The molecule has 0 bridgehead atoms. The first-order chi connectivity index (χ1) is 19.3. The lowest BCUT2D eigenvalue weighted by atomic mass is 9.78. The number of sulfonamides is 1. The van der Waals surface area contributed by atoms with Crippen LogP contribution in [-0.4, -0.2) is 62.8 Å². The number of hydrogen-bond donors (Lipinski definition) is 2. The summed E-state index contributed by atoms with van der Waals surface area (Å²) < 4.78 is 35.0. The van der Waals surface area contributed by atoms with E-state index < -0.39 is 27.1 Å². The lowest BCUT2D eigenvalue weighted by Gasteiger charge is -2.42. The van der Waals surface area contributed by atoms with Gasteiger partial charge >= 0.3 is 0 Å². The predicted octanol–water partition coefficient (Wildman–Crippen LogP) is 5.78. The van der Waals surface area contributed by atoms with E-state index in [2.05, 4.69) is 59.2 Å².